The number of benzene rings is 1. The first-order valence-corrected chi connectivity index (χ1v) is 5.37. The third kappa shape index (κ3) is 3.64. The summed E-state index contributed by atoms with van der Waals surface area (Å²) in [6.07, 6.45) is 0. The molecular weight excluding hydrogens is 242 g/mol. The maximum atomic E-state index is 11.8. The highest BCUT2D eigenvalue weighted by Crippen LogP contribution is 2.14. The molecule has 1 rings (SSSR count). The van der Waals surface area contributed by atoms with Crippen molar-refractivity contribution in [3.63, 3.8) is 0 Å². The van der Waals surface area contributed by atoms with Crippen LogP contribution in [0.3, 0.4) is 0 Å². The van der Waals surface area contributed by atoms with Gasteiger partial charge in [-0.1, -0.05) is 16.8 Å². The van der Waals surface area contributed by atoms with Crippen LogP contribution < -0.4 is 11.1 Å². The average Bonchev–Trinajstić information content (AvgIpc) is 2.26. The van der Waals surface area contributed by atoms with E-state index < -0.39 is 6.04 Å². The predicted molar refractivity (Wildman–Crippen MR) is 66.5 cm³/mol. The molecule has 0 aliphatic heterocycles. The van der Waals surface area contributed by atoms with Gasteiger partial charge >= 0.3 is 0 Å². The molecule has 0 bridgehead atoms. The number of carbonyl (C=O) groups is 1. The molecule has 4 N–H and O–H groups in total. The van der Waals surface area contributed by atoms with Gasteiger partial charge in [-0.2, -0.15) is 0 Å². The standard InChI is InChI=1S/C11H14ClN3O2/c1-6-3-8(5-9(12)4-6)11(16)14-7(2)10(13)15-17/h3-5,7,17H,1-2H3,(H2,13,15)(H,14,16). The summed E-state index contributed by atoms with van der Waals surface area (Å²) in [4.78, 5) is 11.8. The zero-order valence-corrected chi connectivity index (χ0v) is 10.3. The Labute approximate surface area is 104 Å². The van der Waals surface area contributed by atoms with Crippen molar-refractivity contribution < 1.29 is 10.0 Å². The van der Waals surface area contributed by atoms with Crippen molar-refractivity contribution >= 4 is 23.3 Å². The van der Waals surface area contributed by atoms with Gasteiger partial charge in [0.15, 0.2) is 5.84 Å². The van der Waals surface area contributed by atoms with E-state index in [1.165, 1.54) is 0 Å². The number of aryl methyl sites for hydroxylation is 1. The molecule has 0 radical (unpaired) electrons. The number of nitrogens with one attached hydrogen (secondary N) is 1. The molecule has 0 fully saturated rings. The van der Waals surface area contributed by atoms with Crippen LogP contribution in [0.25, 0.3) is 0 Å². The number of hydrogen-bond donors (Lipinski definition) is 3. The van der Waals surface area contributed by atoms with E-state index in [4.69, 9.17) is 22.5 Å². The highest BCUT2D eigenvalue weighted by Gasteiger charge is 2.13. The molecule has 0 aliphatic rings. The van der Waals surface area contributed by atoms with Crippen molar-refractivity contribution in [2.45, 2.75) is 19.9 Å². The van der Waals surface area contributed by atoms with Gasteiger partial charge in [0.05, 0.1) is 6.04 Å². The van der Waals surface area contributed by atoms with Crippen LogP contribution in [0.4, 0.5) is 0 Å². The molecule has 0 aliphatic carbocycles. The summed E-state index contributed by atoms with van der Waals surface area (Å²) in [5.74, 6) is -0.383. The van der Waals surface area contributed by atoms with Crippen molar-refractivity contribution in [2.24, 2.45) is 10.9 Å². The number of nitrogens with two attached hydrogens (primary N) is 1. The molecule has 0 saturated carbocycles. The first kappa shape index (κ1) is 13.3. The van der Waals surface area contributed by atoms with Gasteiger partial charge in [0.25, 0.3) is 5.91 Å². The van der Waals surface area contributed by atoms with Crippen LogP contribution in [0, 0.1) is 6.92 Å². The first-order valence-electron chi connectivity index (χ1n) is 4.99. The molecule has 17 heavy (non-hydrogen) atoms. The Morgan fingerprint density at radius 3 is 2.71 bits per heavy atom. The van der Waals surface area contributed by atoms with Crippen LogP contribution in [-0.4, -0.2) is 23.0 Å². The number of nitrogens with zero attached hydrogens (tertiary/aromatic N) is 1. The highest BCUT2D eigenvalue weighted by atomic mass is 35.5. The number of hydrogen-bond acceptors (Lipinski definition) is 3. The summed E-state index contributed by atoms with van der Waals surface area (Å²) in [6, 6.07) is 4.47. The van der Waals surface area contributed by atoms with Crippen LogP contribution in [-0.2, 0) is 0 Å². The average molecular weight is 256 g/mol. The van der Waals surface area contributed by atoms with E-state index in [2.05, 4.69) is 10.5 Å². The van der Waals surface area contributed by atoms with Crippen molar-refractivity contribution in [3.05, 3.63) is 34.3 Å². The second kappa shape index (κ2) is 5.54. The van der Waals surface area contributed by atoms with Crippen LogP contribution in [0.2, 0.25) is 5.02 Å². The van der Waals surface area contributed by atoms with Crippen molar-refractivity contribution in [1.29, 1.82) is 0 Å². The summed E-state index contributed by atoms with van der Waals surface area (Å²) in [7, 11) is 0. The summed E-state index contributed by atoms with van der Waals surface area (Å²) in [5, 5.41) is 14.4. The minimum atomic E-state index is -0.549. The van der Waals surface area contributed by atoms with E-state index in [9.17, 15) is 4.79 Å². The smallest absolute Gasteiger partial charge is 0.251 e. The summed E-state index contributed by atoms with van der Waals surface area (Å²) in [5.41, 5.74) is 6.69. The summed E-state index contributed by atoms with van der Waals surface area (Å²) >= 11 is 5.85. The number of amidine groups is 1. The lowest BCUT2D eigenvalue weighted by molar-refractivity contribution is 0.0948. The van der Waals surface area contributed by atoms with Gasteiger partial charge in [-0.05, 0) is 37.6 Å². The van der Waals surface area contributed by atoms with Gasteiger partial charge in [-0.25, -0.2) is 0 Å². The lowest BCUT2D eigenvalue weighted by Crippen LogP contribution is -2.42. The Morgan fingerprint density at radius 1 is 1.53 bits per heavy atom. The monoisotopic (exact) mass is 255 g/mol. The fourth-order valence-corrected chi connectivity index (χ4v) is 1.60. The molecular formula is C11H14ClN3O2. The van der Waals surface area contributed by atoms with Gasteiger partial charge in [0.2, 0.25) is 0 Å². The van der Waals surface area contributed by atoms with Gasteiger partial charge in [-0.3, -0.25) is 4.79 Å². The van der Waals surface area contributed by atoms with Gasteiger partial charge in [0.1, 0.15) is 0 Å². The quantitative estimate of drug-likeness (QED) is 0.331. The van der Waals surface area contributed by atoms with Crippen LogP contribution in [0.1, 0.15) is 22.8 Å². The Balaban J connectivity index is 2.83. The molecule has 92 valence electrons. The van der Waals surface area contributed by atoms with E-state index in [0.29, 0.717) is 10.6 Å². The van der Waals surface area contributed by atoms with Crippen LogP contribution in [0.5, 0.6) is 0 Å². The van der Waals surface area contributed by atoms with Crippen molar-refractivity contribution in [2.75, 3.05) is 0 Å². The normalized spacial score (nSPS) is 13.2. The molecule has 0 saturated heterocycles. The third-order valence-electron chi connectivity index (χ3n) is 2.21. The highest BCUT2D eigenvalue weighted by molar-refractivity contribution is 6.31. The lowest BCUT2D eigenvalue weighted by atomic mass is 10.1. The number of carbonyl (C=O) groups excluding carboxylic acids is 1. The predicted octanol–water partition coefficient (Wildman–Crippen LogP) is 1.51. The van der Waals surface area contributed by atoms with E-state index in [1.807, 2.05) is 6.92 Å². The SMILES string of the molecule is Cc1cc(Cl)cc(C(=O)NC(C)/C(N)=N/O)c1. The maximum absolute atomic E-state index is 11.8. The molecule has 1 aromatic rings. The Morgan fingerprint density at radius 2 is 2.18 bits per heavy atom. The second-order valence-electron chi connectivity index (χ2n) is 3.74. The van der Waals surface area contributed by atoms with E-state index in [-0.39, 0.29) is 11.7 Å². The Bertz CT molecular complexity index is 440. The van der Waals surface area contributed by atoms with E-state index in [0.717, 1.165) is 5.56 Å². The molecule has 0 aromatic heterocycles. The van der Waals surface area contributed by atoms with E-state index in [1.54, 1.807) is 25.1 Å². The van der Waals surface area contributed by atoms with Crippen LogP contribution >= 0.6 is 11.6 Å². The maximum Gasteiger partial charge on any atom is 0.251 e. The van der Waals surface area contributed by atoms with Gasteiger partial charge in [0, 0.05) is 10.6 Å². The molecule has 1 amide bonds. The van der Waals surface area contributed by atoms with E-state index >= 15 is 0 Å². The van der Waals surface area contributed by atoms with Crippen LogP contribution in [0.15, 0.2) is 23.4 Å². The Kier molecular flexibility index (Phi) is 4.34. The molecule has 1 unspecified atom stereocenters. The topological polar surface area (TPSA) is 87.7 Å². The summed E-state index contributed by atoms with van der Waals surface area (Å²) < 4.78 is 0. The van der Waals surface area contributed by atoms with Gasteiger partial charge in [-0.15, -0.1) is 0 Å². The van der Waals surface area contributed by atoms with Crippen molar-refractivity contribution in [3.8, 4) is 0 Å². The minimum absolute atomic E-state index is 0.0582. The Hall–Kier alpha value is -1.75. The molecule has 5 nitrogen and oxygen atoms in total. The number of oxime groups is 1. The zero-order valence-electron chi connectivity index (χ0n) is 9.57. The first-order chi connectivity index (χ1) is 7.93. The zero-order chi connectivity index (χ0) is 13.0. The molecule has 0 spiro atoms. The number of halogens is 1. The van der Waals surface area contributed by atoms with Gasteiger partial charge < -0.3 is 16.3 Å². The molecule has 1 aromatic carbocycles. The number of rotatable bonds is 3. The largest absolute Gasteiger partial charge is 0.409 e. The lowest BCUT2D eigenvalue weighted by Gasteiger charge is -2.12. The molecule has 6 heteroatoms. The number of amides is 1. The summed E-state index contributed by atoms with van der Waals surface area (Å²) in [6.45, 7) is 3.46. The molecule has 0 heterocycles. The fourth-order valence-electron chi connectivity index (χ4n) is 1.31. The van der Waals surface area contributed by atoms with Crippen molar-refractivity contribution in [1.82, 2.24) is 5.32 Å². The third-order valence-corrected chi connectivity index (χ3v) is 2.43. The molecule has 1 atom stereocenters. The minimum Gasteiger partial charge on any atom is -0.409 e. The fraction of sp³-hybridized carbons (Fsp3) is 0.273. The second-order valence-corrected chi connectivity index (χ2v) is 4.17.